The third-order valence-electron chi connectivity index (χ3n) is 5.28. The molecule has 4 nitrogen and oxygen atoms in total. The van der Waals surface area contributed by atoms with Crippen LogP contribution in [0.25, 0.3) is 0 Å². The van der Waals surface area contributed by atoms with Crippen molar-refractivity contribution in [1.82, 2.24) is 0 Å². The van der Waals surface area contributed by atoms with E-state index in [1.807, 2.05) is 0 Å². The molecule has 0 radical (unpaired) electrons. The highest BCUT2D eigenvalue weighted by molar-refractivity contribution is 9.09. The molecule has 1 aromatic carbocycles. The maximum atomic E-state index is 12.8. The van der Waals surface area contributed by atoms with Crippen LogP contribution in [0.1, 0.15) is 12.0 Å². The molecule has 6 atom stereocenters. The number of nitrogens with one attached hydrogen (secondary N) is 1. The minimum atomic E-state index is -4.48. The van der Waals surface area contributed by atoms with Gasteiger partial charge in [0.15, 0.2) is 0 Å². The third kappa shape index (κ3) is 2.26. The van der Waals surface area contributed by atoms with Gasteiger partial charge < -0.3 is 10.1 Å². The van der Waals surface area contributed by atoms with E-state index in [9.17, 15) is 22.8 Å². The summed E-state index contributed by atoms with van der Waals surface area (Å²) in [6.07, 6.45) is -3.95. The number of esters is 1. The molecule has 8 heteroatoms. The number of ether oxygens (including phenoxy) is 1. The average Bonchev–Trinajstić information content (AvgIpc) is 3.11. The second kappa shape index (κ2) is 5.21. The summed E-state index contributed by atoms with van der Waals surface area (Å²) in [4.78, 5) is 24.6. The van der Waals surface area contributed by atoms with Gasteiger partial charge in [-0.1, -0.05) is 22.0 Å². The molecule has 1 aromatic rings. The van der Waals surface area contributed by atoms with E-state index in [4.69, 9.17) is 4.74 Å². The molecule has 3 aliphatic rings. The molecule has 1 amide bonds. The van der Waals surface area contributed by atoms with E-state index >= 15 is 0 Å². The summed E-state index contributed by atoms with van der Waals surface area (Å²) in [6, 6.07) is 4.49. The molecule has 0 aromatic heterocycles. The summed E-state index contributed by atoms with van der Waals surface area (Å²) in [5, 5.41) is 2.54. The largest absolute Gasteiger partial charge is 0.461 e. The fourth-order valence-electron chi connectivity index (χ4n) is 4.33. The molecule has 3 fully saturated rings. The molecule has 1 saturated heterocycles. The summed E-state index contributed by atoms with van der Waals surface area (Å²) in [7, 11) is 0. The Morgan fingerprint density at radius 2 is 2.04 bits per heavy atom. The van der Waals surface area contributed by atoms with E-state index in [2.05, 4.69) is 21.2 Å². The molecule has 4 rings (SSSR count). The summed E-state index contributed by atoms with van der Waals surface area (Å²) < 4.78 is 43.7. The van der Waals surface area contributed by atoms with E-state index in [-0.39, 0.29) is 34.4 Å². The number of halogens is 4. The van der Waals surface area contributed by atoms with Gasteiger partial charge in [-0.25, -0.2) is 0 Å². The minimum absolute atomic E-state index is 0.0177. The number of amides is 1. The zero-order valence-corrected chi connectivity index (χ0v) is 13.8. The van der Waals surface area contributed by atoms with Crippen LogP contribution >= 0.6 is 15.9 Å². The summed E-state index contributed by atoms with van der Waals surface area (Å²) >= 11 is 3.50. The van der Waals surface area contributed by atoms with Gasteiger partial charge >= 0.3 is 12.1 Å². The number of hydrogen-bond donors (Lipinski definition) is 1. The second-order valence-corrected chi connectivity index (χ2v) is 7.59. The first-order valence-corrected chi connectivity index (χ1v) is 8.51. The Hall–Kier alpha value is -1.57. The van der Waals surface area contributed by atoms with Crippen LogP contribution in [0.3, 0.4) is 0 Å². The molecule has 1 N–H and O–H groups in total. The van der Waals surface area contributed by atoms with Gasteiger partial charge in [0.25, 0.3) is 0 Å². The van der Waals surface area contributed by atoms with E-state index in [1.54, 1.807) is 0 Å². The van der Waals surface area contributed by atoms with Gasteiger partial charge in [-0.2, -0.15) is 13.2 Å². The molecule has 2 saturated carbocycles. The molecule has 2 bridgehead atoms. The zero-order valence-electron chi connectivity index (χ0n) is 12.2. The number of hydrogen-bond acceptors (Lipinski definition) is 3. The van der Waals surface area contributed by atoms with Crippen molar-refractivity contribution in [2.75, 3.05) is 5.32 Å². The van der Waals surface area contributed by atoms with E-state index in [0.29, 0.717) is 0 Å². The Morgan fingerprint density at radius 3 is 2.75 bits per heavy atom. The molecule has 0 spiro atoms. The fourth-order valence-corrected chi connectivity index (χ4v) is 5.37. The van der Waals surface area contributed by atoms with Crippen molar-refractivity contribution in [2.24, 2.45) is 23.7 Å². The summed E-state index contributed by atoms with van der Waals surface area (Å²) in [5.74, 6) is -1.88. The first-order valence-electron chi connectivity index (χ1n) is 7.60. The Kier molecular flexibility index (Phi) is 3.46. The van der Waals surface area contributed by atoms with Gasteiger partial charge in [-0.3, -0.25) is 9.59 Å². The normalized spacial score (nSPS) is 36.8. The molecule has 24 heavy (non-hydrogen) atoms. The highest BCUT2D eigenvalue weighted by atomic mass is 79.9. The lowest BCUT2D eigenvalue weighted by Crippen LogP contribution is -2.40. The van der Waals surface area contributed by atoms with Gasteiger partial charge in [0, 0.05) is 11.6 Å². The van der Waals surface area contributed by atoms with Crippen molar-refractivity contribution < 1.29 is 27.5 Å². The number of rotatable bonds is 2. The standard InChI is InChI=1S/C16H13BrF3NO3/c17-12-8-5-9-11(15(23)24-13(9)12)10(8)14(22)21-7-3-1-2-6(4-7)16(18,19)20/h1-4,8-13H,5H2,(H,21,22)/t8-,9-,10-,11-,12+,13+/m1/s1. The van der Waals surface area contributed by atoms with Crippen LogP contribution in [0, 0.1) is 23.7 Å². The topological polar surface area (TPSA) is 55.4 Å². The van der Waals surface area contributed by atoms with Gasteiger partial charge in [0.2, 0.25) is 5.91 Å². The lowest BCUT2D eigenvalue weighted by atomic mass is 9.79. The highest BCUT2D eigenvalue weighted by Crippen LogP contribution is 2.60. The number of anilines is 1. The van der Waals surface area contributed by atoms with E-state index in [0.717, 1.165) is 18.6 Å². The lowest BCUT2D eigenvalue weighted by Gasteiger charge is -2.27. The number of carbonyl (C=O) groups excluding carboxylic acids is 2. The quantitative estimate of drug-likeness (QED) is 0.609. The van der Waals surface area contributed by atoms with Crippen LogP contribution in [0.5, 0.6) is 0 Å². The first kappa shape index (κ1) is 15.9. The molecule has 128 valence electrons. The number of alkyl halides is 4. The van der Waals surface area contributed by atoms with Crippen LogP contribution in [-0.4, -0.2) is 22.8 Å². The number of fused-ring (bicyclic) bond motifs is 1. The van der Waals surface area contributed by atoms with E-state index in [1.165, 1.54) is 12.1 Å². The van der Waals surface area contributed by atoms with Crippen molar-refractivity contribution in [2.45, 2.75) is 23.5 Å². The Bertz CT molecular complexity index is 723. The molecule has 2 aliphatic carbocycles. The Morgan fingerprint density at radius 1 is 1.29 bits per heavy atom. The SMILES string of the molecule is O=C(Nc1cccc(C(F)(F)F)c1)[C@@H]1[C@H]2C[C@H]3[C@H](OC(=O)[C@H]31)[C@H]2Br. The maximum absolute atomic E-state index is 12.8. The smallest absolute Gasteiger partial charge is 0.416 e. The Labute approximate surface area is 143 Å². The van der Waals surface area contributed by atoms with Crippen LogP contribution in [0.2, 0.25) is 0 Å². The number of benzene rings is 1. The molecule has 1 heterocycles. The van der Waals surface area contributed by atoms with Crippen LogP contribution in [0.4, 0.5) is 18.9 Å². The third-order valence-corrected chi connectivity index (χ3v) is 6.48. The van der Waals surface area contributed by atoms with Crippen molar-refractivity contribution in [3.8, 4) is 0 Å². The van der Waals surface area contributed by atoms with Crippen molar-refractivity contribution in [3.63, 3.8) is 0 Å². The first-order chi connectivity index (χ1) is 11.3. The zero-order chi connectivity index (χ0) is 17.2. The monoisotopic (exact) mass is 403 g/mol. The predicted octanol–water partition coefficient (Wildman–Crippen LogP) is 3.21. The van der Waals surface area contributed by atoms with Crippen molar-refractivity contribution in [3.05, 3.63) is 29.8 Å². The molecular formula is C16H13BrF3NO3. The van der Waals surface area contributed by atoms with Crippen molar-refractivity contribution >= 4 is 33.5 Å². The van der Waals surface area contributed by atoms with Gasteiger partial charge in [0.1, 0.15) is 6.10 Å². The average molecular weight is 404 g/mol. The summed E-state index contributed by atoms with van der Waals surface area (Å²) in [6.45, 7) is 0. The predicted molar refractivity (Wildman–Crippen MR) is 81.2 cm³/mol. The minimum Gasteiger partial charge on any atom is -0.461 e. The lowest BCUT2D eigenvalue weighted by molar-refractivity contribution is -0.145. The Balaban J connectivity index is 1.56. The van der Waals surface area contributed by atoms with E-state index < -0.39 is 29.5 Å². The second-order valence-electron chi connectivity index (χ2n) is 6.53. The van der Waals surface area contributed by atoms with Gasteiger partial charge in [-0.15, -0.1) is 0 Å². The highest BCUT2D eigenvalue weighted by Gasteiger charge is 2.67. The summed E-state index contributed by atoms with van der Waals surface area (Å²) in [5.41, 5.74) is -0.751. The van der Waals surface area contributed by atoms with Crippen molar-refractivity contribution in [1.29, 1.82) is 0 Å². The van der Waals surface area contributed by atoms with Gasteiger partial charge in [-0.05, 0) is 30.5 Å². The molecular weight excluding hydrogens is 391 g/mol. The van der Waals surface area contributed by atoms with Gasteiger partial charge in [0.05, 0.1) is 22.2 Å². The van der Waals surface area contributed by atoms with Crippen LogP contribution in [-0.2, 0) is 20.5 Å². The van der Waals surface area contributed by atoms with Crippen LogP contribution < -0.4 is 5.32 Å². The fraction of sp³-hybridized carbons (Fsp3) is 0.500. The molecule has 1 aliphatic heterocycles. The maximum Gasteiger partial charge on any atom is 0.416 e. The van der Waals surface area contributed by atoms with Crippen LogP contribution in [0.15, 0.2) is 24.3 Å². The molecule has 0 unspecified atom stereocenters. The number of carbonyl (C=O) groups is 2.